The Balaban J connectivity index is 2.31. The summed E-state index contributed by atoms with van der Waals surface area (Å²) in [5.41, 5.74) is 0.183. The maximum Gasteiger partial charge on any atom is 0.153 e. The van der Waals surface area contributed by atoms with Crippen LogP contribution in [-0.2, 0) is 0 Å². The van der Waals surface area contributed by atoms with E-state index in [-0.39, 0.29) is 30.2 Å². The van der Waals surface area contributed by atoms with E-state index in [1.54, 1.807) is 0 Å². The van der Waals surface area contributed by atoms with Crippen molar-refractivity contribution in [3.8, 4) is 5.75 Å². The lowest BCUT2D eigenvalue weighted by Gasteiger charge is -2.32. The van der Waals surface area contributed by atoms with Crippen LogP contribution in [0.25, 0.3) is 0 Å². The smallest absolute Gasteiger partial charge is 0.153 e. The second-order valence-electron chi connectivity index (χ2n) is 3.86. The van der Waals surface area contributed by atoms with Gasteiger partial charge < -0.3 is 15.2 Å². The minimum absolute atomic E-state index is 0.0240. The number of anilines is 1. The third kappa shape index (κ3) is 1.95. The first-order chi connectivity index (χ1) is 7.61. The van der Waals surface area contributed by atoms with Gasteiger partial charge in [0, 0.05) is 25.2 Å². The maximum absolute atomic E-state index is 13.4. The zero-order valence-electron chi connectivity index (χ0n) is 8.84. The van der Waals surface area contributed by atoms with Crippen LogP contribution in [0.5, 0.6) is 5.75 Å². The van der Waals surface area contributed by atoms with Crippen molar-refractivity contribution in [2.24, 2.45) is 0 Å². The van der Waals surface area contributed by atoms with E-state index in [4.69, 9.17) is 9.84 Å². The van der Waals surface area contributed by atoms with Crippen LogP contribution in [0.15, 0.2) is 12.1 Å². The number of rotatable bonds is 2. The SMILES string of the molecule is CC1Nc2c(F)cc(F)cc2OC1CCO. The van der Waals surface area contributed by atoms with Gasteiger partial charge in [-0.1, -0.05) is 0 Å². The molecule has 1 aliphatic rings. The van der Waals surface area contributed by atoms with Gasteiger partial charge in [0.15, 0.2) is 5.82 Å². The Hall–Kier alpha value is -1.36. The summed E-state index contributed by atoms with van der Waals surface area (Å²) >= 11 is 0. The number of aliphatic hydroxyl groups excluding tert-OH is 1. The predicted molar refractivity (Wildman–Crippen MR) is 55.6 cm³/mol. The molecule has 0 saturated heterocycles. The van der Waals surface area contributed by atoms with Gasteiger partial charge in [0.1, 0.15) is 23.4 Å². The summed E-state index contributed by atoms with van der Waals surface area (Å²) in [6.07, 6.45) is 0.143. The van der Waals surface area contributed by atoms with Crippen molar-refractivity contribution in [2.75, 3.05) is 11.9 Å². The second kappa shape index (κ2) is 4.25. The number of nitrogens with one attached hydrogen (secondary N) is 1. The normalized spacial score (nSPS) is 23.2. The fourth-order valence-electron chi connectivity index (χ4n) is 1.80. The summed E-state index contributed by atoms with van der Waals surface area (Å²) < 4.78 is 31.8. The Bertz CT molecular complexity index is 398. The number of hydrogen-bond donors (Lipinski definition) is 2. The zero-order chi connectivity index (χ0) is 11.7. The van der Waals surface area contributed by atoms with Gasteiger partial charge in [0.25, 0.3) is 0 Å². The fraction of sp³-hybridized carbons (Fsp3) is 0.455. The molecule has 0 spiro atoms. The number of ether oxygens (including phenoxy) is 1. The minimum atomic E-state index is -0.671. The molecule has 1 aromatic rings. The molecule has 5 heteroatoms. The van der Waals surface area contributed by atoms with E-state index in [9.17, 15) is 8.78 Å². The van der Waals surface area contributed by atoms with Crippen molar-refractivity contribution < 1.29 is 18.6 Å². The van der Waals surface area contributed by atoms with Crippen LogP contribution in [0.1, 0.15) is 13.3 Å². The van der Waals surface area contributed by atoms with Crippen LogP contribution in [-0.4, -0.2) is 23.9 Å². The van der Waals surface area contributed by atoms with E-state index in [1.165, 1.54) is 0 Å². The lowest BCUT2D eigenvalue weighted by atomic mass is 10.1. The first kappa shape index (κ1) is 11.1. The van der Waals surface area contributed by atoms with Crippen LogP contribution in [0, 0.1) is 11.6 Å². The molecule has 2 unspecified atom stereocenters. The minimum Gasteiger partial charge on any atom is -0.486 e. The Labute approximate surface area is 92.0 Å². The molecule has 16 heavy (non-hydrogen) atoms. The highest BCUT2D eigenvalue weighted by Gasteiger charge is 2.28. The molecule has 1 aliphatic heterocycles. The number of halogens is 2. The third-order valence-electron chi connectivity index (χ3n) is 2.64. The molecule has 0 aliphatic carbocycles. The maximum atomic E-state index is 13.4. The quantitative estimate of drug-likeness (QED) is 0.814. The molecule has 0 amide bonds. The number of hydrogen-bond acceptors (Lipinski definition) is 3. The molecule has 0 aromatic heterocycles. The molecule has 1 aromatic carbocycles. The molecule has 1 heterocycles. The van der Waals surface area contributed by atoms with E-state index in [2.05, 4.69) is 5.32 Å². The van der Waals surface area contributed by atoms with Crippen molar-refractivity contribution in [3.63, 3.8) is 0 Å². The molecular weight excluding hydrogens is 216 g/mol. The van der Waals surface area contributed by atoms with E-state index < -0.39 is 11.6 Å². The molecule has 0 saturated carbocycles. The summed E-state index contributed by atoms with van der Waals surface area (Å²) in [4.78, 5) is 0. The molecule has 2 rings (SSSR count). The van der Waals surface area contributed by atoms with E-state index in [1.807, 2.05) is 6.92 Å². The molecule has 0 radical (unpaired) electrons. The molecule has 0 bridgehead atoms. The Morgan fingerprint density at radius 3 is 2.88 bits per heavy atom. The van der Waals surface area contributed by atoms with Crippen LogP contribution >= 0.6 is 0 Å². The lowest BCUT2D eigenvalue weighted by molar-refractivity contribution is 0.133. The van der Waals surface area contributed by atoms with Crippen LogP contribution in [0.2, 0.25) is 0 Å². The molecule has 2 N–H and O–H groups in total. The van der Waals surface area contributed by atoms with Gasteiger partial charge in [0.05, 0.1) is 6.04 Å². The summed E-state index contributed by atoms with van der Waals surface area (Å²) in [5, 5.41) is 11.7. The van der Waals surface area contributed by atoms with Gasteiger partial charge in [0.2, 0.25) is 0 Å². The highest BCUT2D eigenvalue weighted by atomic mass is 19.1. The van der Waals surface area contributed by atoms with E-state index >= 15 is 0 Å². The molecule has 0 fully saturated rings. The van der Waals surface area contributed by atoms with Gasteiger partial charge in [-0.3, -0.25) is 0 Å². The van der Waals surface area contributed by atoms with Crippen molar-refractivity contribution in [1.29, 1.82) is 0 Å². The monoisotopic (exact) mass is 229 g/mol. The van der Waals surface area contributed by atoms with Crippen LogP contribution in [0.4, 0.5) is 14.5 Å². The number of aliphatic hydroxyl groups is 1. The number of benzene rings is 1. The first-order valence-corrected chi connectivity index (χ1v) is 5.15. The number of fused-ring (bicyclic) bond motifs is 1. The summed E-state index contributed by atoms with van der Waals surface area (Å²) in [7, 11) is 0. The average Bonchev–Trinajstić information content (AvgIpc) is 2.21. The van der Waals surface area contributed by atoms with Crippen molar-refractivity contribution >= 4 is 5.69 Å². The summed E-state index contributed by atoms with van der Waals surface area (Å²) in [5.74, 6) is -1.17. The molecule has 88 valence electrons. The predicted octanol–water partition coefficient (Wildman–Crippen LogP) is 1.91. The molecule has 2 atom stereocenters. The van der Waals surface area contributed by atoms with E-state index in [0.29, 0.717) is 6.42 Å². The first-order valence-electron chi connectivity index (χ1n) is 5.15. The van der Waals surface area contributed by atoms with Crippen molar-refractivity contribution in [3.05, 3.63) is 23.8 Å². The van der Waals surface area contributed by atoms with Gasteiger partial charge >= 0.3 is 0 Å². The standard InChI is InChI=1S/C11H13F2NO2/c1-6-9(2-3-15)16-10-5-7(12)4-8(13)11(10)14-6/h4-6,9,14-15H,2-3H2,1H3. The molecule has 3 nitrogen and oxygen atoms in total. The van der Waals surface area contributed by atoms with Crippen LogP contribution in [0.3, 0.4) is 0 Å². The summed E-state index contributed by atoms with van der Waals surface area (Å²) in [6.45, 7) is 1.80. The Morgan fingerprint density at radius 1 is 1.44 bits per heavy atom. The lowest BCUT2D eigenvalue weighted by Crippen LogP contribution is -2.40. The Morgan fingerprint density at radius 2 is 2.19 bits per heavy atom. The van der Waals surface area contributed by atoms with Gasteiger partial charge in [-0.15, -0.1) is 0 Å². The van der Waals surface area contributed by atoms with Crippen molar-refractivity contribution in [2.45, 2.75) is 25.5 Å². The third-order valence-corrected chi connectivity index (χ3v) is 2.64. The van der Waals surface area contributed by atoms with Gasteiger partial charge in [-0.25, -0.2) is 8.78 Å². The van der Waals surface area contributed by atoms with Crippen molar-refractivity contribution in [1.82, 2.24) is 0 Å². The van der Waals surface area contributed by atoms with Crippen LogP contribution < -0.4 is 10.1 Å². The second-order valence-corrected chi connectivity index (χ2v) is 3.86. The Kier molecular flexibility index (Phi) is 2.96. The van der Waals surface area contributed by atoms with E-state index in [0.717, 1.165) is 12.1 Å². The summed E-state index contributed by atoms with van der Waals surface area (Å²) in [6, 6.07) is 1.83. The van der Waals surface area contributed by atoms with Gasteiger partial charge in [-0.2, -0.15) is 0 Å². The zero-order valence-corrected chi connectivity index (χ0v) is 8.84. The average molecular weight is 229 g/mol. The highest BCUT2D eigenvalue weighted by Crippen LogP contribution is 2.35. The van der Waals surface area contributed by atoms with Gasteiger partial charge in [-0.05, 0) is 6.92 Å². The topological polar surface area (TPSA) is 41.5 Å². The largest absolute Gasteiger partial charge is 0.486 e. The molecular formula is C11H13F2NO2. The fourth-order valence-corrected chi connectivity index (χ4v) is 1.80. The highest BCUT2D eigenvalue weighted by molar-refractivity contribution is 5.59.